The van der Waals surface area contributed by atoms with Gasteiger partial charge in [0.25, 0.3) is 5.91 Å². The van der Waals surface area contributed by atoms with E-state index in [4.69, 9.17) is 9.88 Å². The van der Waals surface area contributed by atoms with Gasteiger partial charge in [-0.2, -0.15) is 0 Å². The number of nitrogens with one attached hydrogen (secondary N) is 1. The monoisotopic (exact) mass is 420 g/mol. The van der Waals surface area contributed by atoms with E-state index in [1.54, 1.807) is 19.1 Å². The van der Waals surface area contributed by atoms with Crippen LogP contribution in [0, 0.1) is 23.2 Å². The number of sulfonamides is 1. The molecule has 7 nitrogen and oxygen atoms in total. The van der Waals surface area contributed by atoms with E-state index in [9.17, 15) is 18.0 Å². The number of carbonyl (C=O) groups is 2. The van der Waals surface area contributed by atoms with Crippen molar-refractivity contribution in [1.82, 2.24) is 5.32 Å². The van der Waals surface area contributed by atoms with E-state index in [2.05, 4.69) is 5.32 Å². The lowest BCUT2D eigenvalue weighted by Crippen LogP contribution is -2.51. The highest BCUT2D eigenvalue weighted by molar-refractivity contribution is 7.89. The summed E-state index contributed by atoms with van der Waals surface area (Å²) < 4.78 is 28.1. The van der Waals surface area contributed by atoms with Crippen LogP contribution in [0.15, 0.2) is 29.2 Å². The van der Waals surface area contributed by atoms with Gasteiger partial charge in [-0.05, 0) is 80.9 Å². The summed E-state index contributed by atoms with van der Waals surface area (Å²) in [6.07, 6.45) is 6.46. The van der Waals surface area contributed by atoms with E-state index >= 15 is 0 Å². The number of benzene rings is 1. The molecule has 4 aliphatic carbocycles. The third kappa shape index (κ3) is 4.19. The van der Waals surface area contributed by atoms with E-state index in [0.29, 0.717) is 17.8 Å². The molecule has 4 aliphatic rings. The van der Waals surface area contributed by atoms with Gasteiger partial charge in [0.05, 0.1) is 16.4 Å². The van der Waals surface area contributed by atoms with E-state index in [1.807, 2.05) is 0 Å². The largest absolute Gasteiger partial charge is 0.455 e. The third-order valence-electron chi connectivity index (χ3n) is 6.89. The van der Waals surface area contributed by atoms with Gasteiger partial charge in [0, 0.05) is 0 Å². The van der Waals surface area contributed by atoms with E-state index < -0.39 is 10.0 Å². The lowest BCUT2D eigenvalue weighted by molar-refractivity contribution is -0.173. The summed E-state index contributed by atoms with van der Waals surface area (Å²) in [6, 6.07) is 5.66. The maximum Gasteiger partial charge on any atom is 0.312 e. The highest BCUT2D eigenvalue weighted by atomic mass is 32.2. The summed E-state index contributed by atoms with van der Waals surface area (Å²) in [5.41, 5.74) is 0.364. The molecule has 0 saturated heterocycles. The Morgan fingerprint density at radius 3 is 2.10 bits per heavy atom. The molecule has 0 radical (unpaired) electrons. The van der Waals surface area contributed by atoms with Gasteiger partial charge in [0.1, 0.15) is 0 Å². The van der Waals surface area contributed by atoms with Crippen LogP contribution in [0.5, 0.6) is 0 Å². The Kier molecular flexibility index (Phi) is 5.19. The Labute approximate surface area is 171 Å². The Morgan fingerprint density at radius 1 is 1.10 bits per heavy atom. The normalized spacial score (nSPS) is 31.3. The number of nitrogens with two attached hydrogens (primary N) is 1. The van der Waals surface area contributed by atoms with Crippen molar-refractivity contribution in [3.05, 3.63) is 29.8 Å². The van der Waals surface area contributed by atoms with Crippen LogP contribution in [-0.4, -0.2) is 26.9 Å². The summed E-state index contributed by atoms with van der Waals surface area (Å²) >= 11 is 0. The second-order valence-corrected chi connectivity index (χ2v) is 10.7. The molecule has 4 saturated carbocycles. The van der Waals surface area contributed by atoms with Crippen LogP contribution in [0.4, 0.5) is 0 Å². The highest BCUT2D eigenvalue weighted by Crippen LogP contribution is 2.60. The number of ether oxygens (including phenoxy) is 1. The number of hydrogen-bond acceptors (Lipinski definition) is 5. The molecule has 5 rings (SSSR count). The average Bonchev–Trinajstić information content (AvgIpc) is 2.64. The van der Waals surface area contributed by atoms with Gasteiger partial charge in [0.15, 0.2) is 6.61 Å². The van der Waals surface area contributed by atoms with E-state index in [0.717, 1.165) is 24.8 Å². The fourth-order valence-corrected chi connectivity index (χ4v) is 6.47. The summed E-state index contributed by atoms with van der Waals surface area (Å²) in [5.74, 6) is 1.34. The Balaban J connectivity index is 1.30. The zero-order valence-electron chi connectivity index (χ0n) is 16.6. The van der Waals surface area contributed by atoms with Crippen LogP contribution in [0.1, 0.15) is 57.1 Å². The van der Waals surface area contributed by atoms with Crippen LogP contribution in [-0.2, 0) is 24.3 Å². The zero-order valence-corrected chi connectivity index (χ0v) is 17.4. The number of carbonyl (C=O) groups excluding carboxylic acids is 2. The highest BCUT2D eigenvalue weighted by Gasteiger charge is 2.55. The Hall–Kier alpha value is -1.93. The number of primary sulfonamides is 1. The molecule has 0 aliphatic heterocycles. The minimum atomic E-state index is -3.75. The topological polar surface area (TPSA) is 116 Å². The van der Waals surface area contributed by atoms with Gasteiger partial charge in [-0.1, -0.05) is 12.1 Å². The molecule has 0 spiro atoms. The molecule has 158 valence electrons. The van der Waals surface area contributed by atoms with E-state index in [1.165, 1.54) is 31.4 Å². The molecular formula is C21H28N2O5S. The van der Waals surface area contributed by atoms with Crippen molar-refractivity contribution >= 4 is 21.9 Å². The second kappa shape index (κ2) is 7.40. The molecule has 0 unspecified atom stereocenters. The number of rotatable bonds is 6. The standard InChI is InChI=1S/C21H28N2O5S/c1-13(17-2-4-18(5-3-17)29(22,26)27)23-19(24)12-28-20(25)21-9-14-6-15(10-21)8-16(7-14)11-21/h2-5,13-16H,6-12H2,1H3,(H,23,24)(H2,22,26,27)/t13-,14?,15?,16?,21?/m0/s1. The first-order chi connectivity index (χ1) is 13.6. The molecule has 4 bridgehead atoms. The molecular weight excluding hydrogens is 392 g/mol. The van der Waals surface area contributed by atoms with Crippen molar-refractivity contribution in [3.63, 3.8) is 0 Å². The summed E-state index contributed by atoms with van der Waals surface area (Å²) in [7, 11) is -3.75. The zero-order chi connectivity index (χ0) is 20.8. The molecule has 8 heteroatoms. The Morgan fingerprint density at radius 2 is 1.62 bits per heavy atom. The molecule has 1 atom stereocenters. The maximum atomic E-state index is 12.8. The molecule has 4 fully saturated rings. The predicted molar refractivity (Wildman–Crippen MR) is 106 cm³/mol. The minimum Gasteiger partial charge on any atom is -0.455 e. The number of hydrogen-bond donors (Lipinski definition) is 2. The average molecular weight is 421 g/mol. The maximum absolute atomic E-state index is 12.8. The van der Waals surface area contributed by atoms with Crippen LogP contribution in [0.25, 0.3) is 0 Å². The Bertz CT molecular complexity index is 874. The van der Waals surface area contributed by atoms with Gasteiger partial charge >= 0.3 is 5.97 Å². The van der Waals surface area contributed by atoms with Gasteiger partial charge in [-0.25, -0.2) is 13.6 Å². The van der Waals surface area contributed by atoms with Crippen LogP contribution in [0.3, 0.4) is 0 Å². The molecule has 3 N–H and O–H groups in total. The van der Waals surface area contributed by atoms with E-state index in [-0.39, 0.29) is 34.8 Å². The first-order valence-electron chi connectivity index (χ1n) is 10.2. The van der Waals surface area contributed by atoms with Crippen LogP contribution >= 0.6 is 0 Å². The van der Waals surface area contributed by atoms with Crippen molar-refractivity contribution in [2.45, 2.75) is 56.4 Å². The molecule has 1 aromatic rings. The van der Waals surface area contributed by atoms with Crippen LogP contribution < -0.4 is 10.5 Å². The molecule has 29 heavy (non-hydrogen) atoms. The van der Waals surface area contributed by atoms with Crippen molar-refractivity contribution in [1.29, 1.82) is 0 Å². The lowest BCUT2D eigenvalue weighted by atomic mass is 9.49. The smallest absolute Gasteiger partial charge is 0.312 e. The van der Waals surface area contributed by atoms with Crippen molar-refractivity contribution in [3.8, 4) is 0 Å². The van der Waals surface area contributed by atoms with Crippen molar-refractivity contribution in [2.75, 3.05) is 6.61 Å². The van der Waals surface area contributed by atoms with Gasteiger partial charge in [0.2, 0.25) is 10.0 Å². The van der Waals surface area contributed by atoms with Gasteiger partial charge in [-0.15, -0.1) is 0 Å². The van der Waals surface area contributed by atoms with Gasteiger partial charge < -0.3 is 10.1 Å². The first-order valence-corrected chi connectivity index (χ1v) is 11.8. The summed E-state index contributed by atoms with van der Waals surface area (Å²) in [6.45, 7) is 1.49. The lowest BCUT2D eigenvalue weighted by Gasteiger charge is -2.55. The van der Waals surface area contributed by atoms with Gasteiger partial charge in [-0.3, -0.25) is 9.59 Å². The van der Waals surface area contributed by atoms with Crippen molar-refractivity contribution < 1.29 is 22.7 Å². The number of amides is 1. The molecule has 0 aromatic heterocycles. The molecule has 1 amide bonds. The third-order valence-corrected chi connectivity index (χ3v) is 7.82. The van der Waals surface area contributed by atoms with Crippen LogP contribution in [0.2, 0.25) is 0 Å². The predicted octanol–water partition coefficient (Wildman–Crippen LogP) is 2.27. The fraction of sp³-hybridized carbons (Fsp3) is 0.619. The number of esters is 1. The second-order valence-electron chi connectivity index (χ2n) is 9.18. The molecule has 0 heterocycles. The van der Waals surface area contributed by atoms with Crippen molar-refractivity contribution in [2.24, 2.45) is 28.3 Å². The fourth-order valence-electron chi connectivity index (χ4n) is 5.96. The first kappa shape index (κ1) is 20.3. The SMILES string of the molecule is C[C@H](NC(=O)COC(=O)C12CC3CC(CC(C3)C1)C2)c1ccc(S(N)(=O)=O)cc1. The summed E-state index contributed by atoms with van der Waals surface area (Å²) in [5, 5.41) is 7.88. The summed E-state index contributed by atoms with van der Waals surface area (Å²) in [4.78, 5) is 25.1. The minimum absolute atomic E-state index is 0.0179. The molecule has 1 aromatic carbocycles. The quantitative estimate of drug-likeness (QED) is 0.685.